The normalized spacial score (nSPS) is 18.2. The Balaban J connectivity index is 1.34. The Labute approximate surface area is 148 Å². The topological polar surface area (TPSA) is 34.6 Å². The van der Waals surface area contributed by atoms with Gasteiger partial charge < -0.3 is 9.88 Å². The number of hydrazone groups is 1. The van der Waals surface area contributed by atoms with E-state index in [0.29, 0.717) is 0 Å². The summed E-state index contributed by atoms with van der Waals surface area (Å²) in [4.78, 5) is 5.90. The number of aromatic amines is 1. The molecule has 0 amide bonds. The molecule has 2 aromatic rings. The number of nitrogens with one attached hydrogen (secondary N) is 1. The average molecular weight is 343 g/mol. The molecule has 126 valence electrons. The van der Waals surface area contributed by atoms with Gasteiger partial charge >= 0.3 is 0 Å². The molecule has 1 aliphatic heterocycles. The summed E-state index contributed by atoms with van der Waals surface area (Å²) < 4.78 is 0. The average Bonchev–Trinajstić information content (AvgIpc) is 3.04. The highest BCUT2D eigenvalue weighted by molar-refractivity contribution is 6.30. The summed E-state index contributed by atoms with van der Waals surface area (Å²) in [5, 5.41) is 7.62. The van der Waals surface area contributed by atoms with Crippen molar-refractivity contribution in [3.63, 3.8) is 0 Å². The minimum absolute atomic E-state index is 0.788. The SMILES string of the molecule is Clc1ccc(N2CCN(N=Cc3cc4c([nH]3)CCCC4)CC2)cc1. The summed E-state index contributed by atoms with van der Waals surface area (Å²) in [5.41, 5.74) is 5.27. The Morgan fingerprint density at radius 1 is 1.00 bits per heavy atom. The minimum Gasteiger partial charge on any atom is -0.368 e. The van der Waals surface area contributed by atoms with Gasteiger partial charge in [-0.15, -0.1) is 0 Å². The number of aromatic nitrogens is 1. The Hall–Kier alpha value is -1.94. The van der Waals surface area contributed by atoms with Gasteiger partial charge in [0.1, 0.15) is 0 Å². The number of nitrogens with zero attached hydrogens (tertiary/aromatic N) is 3. The second-order valence-corrected chi connectivity index (χ2v) is 7.03. The van der Waals surface area contributed by atoms with Crippen molar-refractivity contribution in [2.75, 3.05) is 31.1 Å². The van der Waals surface area contributed by atoms with E-state index in [1.807, 2.05) is 18.3 Å². The van der Waals surface area contributed by atoms with Crippen molar-refractivity contribution in [3.8, 4) is 0 Å². The van der Waals surface area contributed by atoms with Crippen LogP contribution < -0.4 is 4.90 Å². The van der Waals surface area contributed by atoms with E-state index in [-0.39, 0.29) is 0 Å². The minimum atomic E-state index is 0.788. The van der Waals surface area contributed by atoms with Crippen LogP contribution in [0.15, 0.2) is 35.4 Å². The lowest BCUT2D eigenvalue weighted by Crippen LogP contribution is -2.44. The first kappa shape index (κ1) is 15.6. The van der Waals surface area contributed by atoms with Gasteiger partial charge in [-0.25, -0.2) is 0 Å². The molecule has 0 bridgehead atoms. The quantitative estimate of drug-likeness (QED) is 0.863. The van der Waals surface area contributed by atoms with E-state index < -0.39 is 0 Å². The van der Waals surface area contributed by atoms with Crippen LogP contribution in [0, 0.1) is 0 Å². The summed E-state index contributed by atoms with van der Waals surface area (Å²) >= 11 is 5.96. The van der Waals surface area contributed by atoms with Crippen LogP contribution in [0.4, 0.5) is 5.69 Å². The molecule has 24 heavy (non-hydrogen) atoms. The summed E-state index contributed by atoms with van der Waals surface area (Å²) in [5.74, 6) is 0. The molecule has 2 heterocycles. The lowest BCUT2D eigenvalue weighted by molar-refractivity contribution is 0.272. The van der Waals surface area contributed by atoms with Gasteiger partial charge in [-0.3, -0.25) is 5.01 Å². The first-order valence-corrected chi connectivity index (χ1v) is 9.16. The van der Waals surface area contributed by atoms with E-state index in [1.54, 1.807) is 0 Å². The number of anilines is 1. The maximum Gasteiger partial charge on any atom is 0.0705 e. The van der Waals surface area contributed by atoms with Gasteiger partial charge in [-0.1, -0.05) is 11.6 Å². The second-order valence-electron chi connectivity index (χ2n) is 6.60. The Morgan fingerprint density at radius 2 is 1.75 bits per heavy atom. The predicted octanol–water partition coefficient (Wildman–Crippen LogP) is 3.70. The van der Waals surface area contributed by atoms with Gasteiger partial charge in [0.2, 0.25) is 0 Å². The number of benzene rings is 1. The molecule has 1 aliphatic carbocycles. The summed E-state index contributed by atoms with van der Waals surface area (Å²) in [7, 11) is 0. The standard InChI is InChI=1S/C19H23ClN4/c20-16-5-7-18(8-6-16)23-9-11-24(12-10-23)21-14-17-13-15-3-1-2-4-19(15)22-17/h5-8,13-14,22H,1-4,9-12H2. The number of hydrogen-bond acceptors (Lipinski definition) is 3. The third kappa shape index (κ3) is 3.44. The first-order valence-electron chi connectivity index (χ1n) is 8.78. The van der Waals surface area contributed by atoms with Crippen molar-refractivity contribution in [1.29, 1.82) is 0 Å². The second kappa shape index (κ2) is 6.89. The van der Waals surface area contributed by atoms with Gasteiger partial charge in [0, 0.05) is 29.5 Å². The highest BCUT2D eigenvalue weighted by Crippen LogP contribution is 2.21. The Kier molecular flexibility index (Phi) is 4.48. The van der Waals surface area contributed by atoms with Crippen molar-refractivity contribution >= 4 is 23.5 Å². The van der Waals surface area contributed by atoms with Crippen molar-refractivity contribution in [2.24, 2.45) is 5.10 Å². The van der Waals surface area contributed by atoms with E-state index in [2.05, 4.69) is 38.2 Å². The number of H-pyrrole nitrogens is 1. The van der Waals surface area contributed by atoms with Crippen LogP contribution in [0.5, 0.6) is 0 Å². The van der Waals surface area contributed by atoms with Crippen LogP contribution in [-0.2, 0) is 12.8 Å². The van der Waals surface area contributed by atoms with Crippen LogP contribution in [0.1, 0.15) is 29.8 Å². The Bertz CT molecular complexity index is 688. The molecule has 1 aromatic heterocycles. The van der Waals surface area contributed by atoms with Gasteiger partial charge in [-0.2, -0.15) is 5.10 Å². The van der Waals surface area contributed by atoms with E-state index in [1.165, 1.54) is 42.6 Å². The van der Waals surface area contributed by atoms with Crippen LogP contribution in [0.3, 0.4) is 0 Å². The number of halogens is 1. The van der Waals surface area contributed by atoms with E-state index >= 15 is 0 Å². The monoisotopic (exact) mass is 342 g/mol. The van der Waals surface area contributed by atoms with Crippen molar-refractivity contribution in [3.05, 3.63) is 52.3 Å². The Morgan fingerprint density at radius 3 is 2.50 bits per heavy atom. The third-order valence-electron chi connectivity index (χ3n) is 4.94. The molecule has 4 nitrogen and oxygen atoms in total. The molecule has 1 N–H and O–H groups in total. The number of aryl methyl sites for hydroxylation is 2. The van der Waals surface area contributed by atoms with E-state index in [4.69, 9.17) is 11.6 Å². The largest absolute Gasteiger partial charge is 0.368 e. The van der Waals surface area contributed by atoms with Crippen molar-refractivity contribution < 1.29 is 0 Å². The fourth-order valence-electron chi connectivity index (χ4n) is 3.56. The molecule has 5 heteroatoms. The van der Waals surface area contributed by atoms with Gasteiger partial charge in [0.05, 0.1) is 25.0 Å². The molecule has 4 rings (SSSR count). The lowest BCUT2D eigenvalue weighted by atomic mass is 9.98. The van der Waals surface area contributed by atoms with Crippen molar-refractivity contribution in [2.45, 2.75) is 25.7 Å². The molecular weight excluding hydrogens is 320 g/mol. The molecule has 2 aliphatic rings. The van der Waals surface area contributed by atoms with Crippen LogP contribution in [0.2, 0.25) is 5.02 Å². The van der Waals surface area contributed by atoms with Crippen molar-refractivity contribution in [1.82, 2.24) is 9.99 Å². The third-order valence-corrected chi connectivity index (χ3v) is 5.20. The number of rotatable bonds is 3. The van der Waals surface area contributed by atoms with Crippen LogP contribution in [-0.4, -0.2) is 42.4 Å². The van der Waals surface area contributed by atoms with Gasteiger partial charge in [0.25, 0.3) is 0 Å². The van der Waals surface area contributed by atoms with Gasteiger partial charge in [0.15, 0.2) is 0 Å². The van der Waals surface area contributed by atoms with E-state index in [0.717, 1.165) is 36.9 Å². The fraction of sp³-hybridized carbons (Fsp3) is 0.421. The number of hydrogen-bond donors (Lipinski definition) is 1. The summed E-state index contributed by atoms with van der Waals surface area (Å²) in [6.07, 6.45) is 6.99. The maximum absolute atomic E-state index is 5.96. The lowest BCUT2D eigenvalue weighted by Gasteiger charge is -2.34. The predicted molar refractivity (Wildman–Crippen MR) is 100 cm³/mol. The molecule has 0 saturated carbocycles. The van der Waals surface area contributed by atoms with Gasteiger partial charge in [-0.05, 0) is 61.6 Å². The molecule has 0 spiro atoms. The zero-order valence-electron chi connectivity index (χ0n) is 13.8. The van der Waals surface area contributed by atoms with E-state index in [9.17, 15) is 0 Å². The van der Waals surface area contributed by atoms with Crippen LogP contribution >= 0.6 is 11.6 Å². The highest BCUT2D eigenvalue weighted by Gasteiger charge is 2.16. The van der Waals surface area contributed by atoms with Crippen LogP contribution in [0.25, 0.3) is 0 Å². The molecule has 1 saturated heterocycles. The fourth-order valence-corrected chi connectivity index (χ4v) is 3.69. The number of piperazine rings is 1. The molecular formula is C19H23ClN4. The molecule has 0 radical (unpaired) electrons. The summed E-state index contributed by atoms with van der Waals surface area (Å²) in [6, 6.07) is 10.3. The molecule has 0 atom stereocenters. The molecule has 1 fully saturated rings. The summed E-state index contributed by atoms with van der Waals surface area (Å²) in [6.45, 7) is 3.86. The smallest absolute Gasteiger partial charge is 0.0705 e. The molecule has 1 aromatic carbocycles. The maximum atomic E-state index is 5.96. The molecule has 0 unspecified atom stereocenters. The highest BCUT2D eigenvalue weighted by atomic mass is 35.5. The zero-order chi connectivity index (χ0) is 16.4. The first-order chi connectivity index (χ1) is 11.8. The number of fused-ring (bicyclic) bond motifs is 1. The zero-order valence-corrected chi connectivity index (χ0v) is 14.6.